The lowest BCUT2D eigenvalue weighted by atomic mass is 9.91. The molecule has 0 radical (unpaired) electrons. The minimum Gasteiger partial charge on any atom is -0.346 e. The summed E-state index contributed by atoms with van der Waals surface area (Å²) in [7, 11) is 1.84. The van der Waals surface area contributed by atoms with Crippen LogP contribution in [-0.4, -0.2) is 37.1 Å². The Bertz CT molecular complexity index is 1350. The molecule has 1 unspecified atom stereocenters. The Morgan fingerprint density at radius 1 is 1.15 bits per heavy atom. The van der Waals surface area contributed by atoms with Crippen LogP contribution in [0.1, 0.15) is 51.5 Å². The molecule has 3 aromatic heterocycles. The first-order valence-corrected chi connectivity index (χ1v) is 11.2. The van der Waals surface area contributed by atoms with Gasteiger partial charge in [-0.1, -0.05) is 0 Å². The van der Waals surface area contributed by atoms with Crippen molar-refractivity contribution in [1.82, 2.24) is 30.0 Å². The van der Waals surface area contributed by atoms with Gasteiger partial charge in [-0.2, -0.15) is 5.10 Å². The number of hydrogen-bond donors (Lipinski definition) is 2. The molecule has 1 amide bonds. The Morgan fingerprint density at radius 3 is 2.79 bits per heavy atom. The number of rotatable bonds is 3. The minimum absolute atomic E-state index is 0. The third-order valence-corrected chi connectivity index (χ3v) is 6.83. The van der Waals surface area contributed by atoms with Crippen LogP contribution < -0.4 is 5.32 Å². The summed E-state index contributed by atoms with van der Waals surface area (Å²) in [5.41, 5.74) is 8.87. The van der Waals surface area contributed by atoms with E-state index in [9.17, 15) is 4.79 Å². The molecule has 6 rings (SSSR count). The van der Waals surface area contributed by atoms with Crippen LogP contribution in [0.3, 0.4) is 0 Å². The van der Waals surface area contributed by atoms with E-state index in [1.807, 2.05) is 24.3 Å². The van der Waals surface area contributed by atoms with Gasteiger partial charge in [0.2, 0.25) is 0 Å². The zero-order chi connectivity index (χ0) is 21.8. The van der Waals surface area contributed by atoms with Crippen LogP contribution >= 0.6 is 12.4 Å². The molecule has 1 aromatic carbocycles. The van der Waals surface area contributed by atoms with Crippen LogP contribution in [0.2, 0.25) is 0 Å². The maximum absolute atomic E-state index is 13.1. The van der Waals surface area contributed by atoms with Crippen LogP contribution in [0, 0.1) is 6.92 Å². The first-order chi connectivity index (χ1) is 15.6. The van der Waals surface area contributed by atoms with Crippen molar-refractivity contribution in [2.75, 3.05) is 6.54 Å². The second-order valence-electron chi connectivity index (χ2n) is 9.01. The van der Waals surface area contributed by atoms with Crippen molar-refractivity contribution in [3.05, 3.63) is 70.8 Å². The van der Waals surface area contributed by atoms with Crippen molar-refractivity contribution < 1.29 is 4.79 Å². The first kappa shape index (κ1) is 21.7. The minimum atomic E-state index is 0. The van der Waals surface area contributed by atoms with E-state index in [1.165, 1.54) is 28.7 Å². The predicted molar refractivity (Wildman–Crippen MR) is 130 cm³/mol. The van der Waals surface area contributed by atoms with Crippen molar-refractivity contribution in [3.8, 4) is 11.1 Å². The summed E-state index contributed by atoms with van der Waals surface area (Å²) in [5, 5.41) is 8.98. The van der Waals surface area contributed by atoms with Gasteiger partial charge in [0.05, 0.1) is 11.8 Å². The van der Waals surface area contributed by atoms with Gasteiger partial charge in [-0.3, -0.25) is 9.48 Å². The van der Waals surface area contributed by atoms with E-state index in [4.69, 9.17) is 0 Å². The van der Waals surface area contributed by atoms with Gasteiger partial charge in [-0.05, 0) is 72.3 Å². The third kappa shape index (κ3) is 3.71. The lowest BCUT2D eigenvalue weighted by Gasteiger charge is -2.18. The second-order valence-corrected chi connectivity index (χ2v) is 9.01. The van der Waals surface area contributed by atoms with Crippen molar-refractivity contribution >= 4 is 29.3 Å². The molecule has 33 heavy (non-hydrogen) atoms. The van der Waals surface area contributed by atoms with Crippen LogP contribution in [0.15, 0.2) is 43.0 Å². The van der Waals surface area contributed by atoms with Gasteiger partial charge in [-0.15, -0.1) is 12.4 Å². The maximum atomic E-state index is 13.1. The van der Waals surface area contributed by atoms with Crippen LogP contribution in [-0.2, 0) is 20.1 Å². The zero-order valence-corrected chi connectivity index (χ0v) is 19.6. The fourth-order valence-corrected chi connectivity index (χ4v) is 5.12. The van der Waals surface area contributed by atoms with E-state index in [0.717, 1.165) is 35.1 Å². The number of fused-ring (bicyclic) bond motifs is 2. The first-order valence-electron chi connectivity index (χ1n) is 11.2. The highest BCUT2D eigenvalue weighted by molar-refractivity contribution is 5.94. The number of carbonyl (C=O) groups is 1. The monoisotopic (exact) mass is 462 g/mol. The molecular weight excluding hydrogens is 436 g/mol. The number of aromatic amines is 1. The van der Waals surface area contributed by atoms with Gasteiger partial charge < -0.3 is 15.2 Å². The van der Waals surface area contributed by atoms with E-state index in [0.29, 0.717) is 24.7 Å². The second kappa shape index (κ2) is 8.32. The van der Waals surface area contributed by atoms with Crippen molar-refractivity contribution in [1.29, 1.82) is 0 Å². The third-order valence-electron chi connectivity index (χ3n) is 6.83. The van der Waals surface area contributed by atoms with E-state index in [1.54, 1.807) is 17.1 Å². The highest BCUT2D eigenvalue weighted by Crippen LogP contribution is 2.38. The molecule has 1 atom stereocenters. The molecule has 5 heterocycles. The largest absolute Gasteiger partial charge is 0.346 e. The molecular formula is C25H27ClN6O. The number of H-pyrrole nitrogens is 1. The van der Waals surface area contributed by atoms with Gasteiger partial charge >= 0.3 is 0 Å². The fourth-order valence-electron chi connectivity index (χ4n) is 5.12. The topological polar surface area (TPSA) is 78.8 Å². The normalized spacial score (nSPS) is 17.4. The molecule has 0 bridgehead atoms. The molecule has 2 aliphatic heterocycles. The summed E-state index contributed by atoms with van der Waals surface area (Å²) in [5.74, 6) is 0.0345. The molecule has 8 heteroatoms. The molecule has 2 N–H and O–H groups in total. The molecule has 170 valence electrons. The Kier molecular flexibility index (Phi) is 5.46. The molecule has 4 aromatic rings. The summed E-state index contributed by atoms with van der Waals surface area (Å²) < 4.78 is 1.68. The number of halogens is 1. The van der Waals surface area contributed by atoms with Gasteiger partial charge in [-0.25, -0.2) is 4.98 Å². The molecule has 2 aliphatic rings. The fraction of sp³-hybridized carbons (Fsp3) is 0.320. The number of amides is 1. The van der Waals surface area contributed by atoms with E-state index < -0.39 is 0 Å². The van der Waals surface area contributed by atoms with Gasteiger partial charge in [0.25, 0.3) is 5.91 Å². The Hall–Kier alpha value is -3.16. The highest BCUT2D eigenvalue weighted by atomic mass is 35.5. The SMILES string of the molecule is Cc1c[nH]c2ncc(-c3cc4c(c(C5CCCN5)c3)CN(C(=O)c3cnn(C)c3)C4)cc12.Cl. The average Bonchev–Trinajstić information content (AvgIpc) is 3.59. The molecule has 0 spiro atoms. The number of hydrogen-bond acceptors (Lipinski definition) is 4. The number of aryl methyl sites for hydroxylation is 2. The highest BCUT2D eigenvalue weighted by Gasteiger charge is 2.30. The zero-order valence-electron chi connectivity index (χ0n) is 18.8. The molecule has 7 nitrogen and oxygen atoms in total. The maximum Gasteiger partial charge on any atom is 0.257 e. The molecule has 1 fully saturated rings. The van der Waals surface area contributed by atoms with Gasteiger partial charge in [0.1, 0.15) is 5.65 Å². The number of benzene rings is 1. The summed E-state index contributed by atoms with van der Waals surface area (Å²) in [6, 6.07) is 7.11. The Morgan fingerprint density at radius 2 is 2.03 bits per heavy atom. The van der Waals surface area contributed by atoms with Crippen LogP contribution in [0.25, 0.3) is 22.2 Å². The quantitative estimate of drug-likeness (QED) is 0.476. The summed E-state index contributed by atoms with van der Waals surface area (Å²) in [6.45, 7) is 4.40. The van der Waals surface area contributed by atoms with E-state index >= 15 is 0 Å². The smallest absolute Gasteiger partial charge is 0.257 e. The number of pyridine rings is 1. The van der Waals surface area contributed by atoms with Crippen molar-refractivity contribution in [3.63, 3.8) is 0 Å². The number of aromatic nitrogens is 4. The lowest BCUT2D eigenvalue weighted by molar-refractivity contribution is 0.0751. The molecule has 0 saturated carbocycles. The summed E-state index contributed by atoms with van der Waals surface area (Å²) in [4.78, 5) is 22.9. The van der Waals surface area contributed by atoms with Crippen molar-refractivity contribution in [2.45, 2.75) is 38.9 Å². The molecule has 0 aliphatic carbocycles. The van der Waals surface area contributed by atoms with Crippen LogP contribution in [0.4, 0.5) is 0 Å². The predicted octanol–water partition coefficient (Wildman–Crippen LogP) is 4.27. The Labute approximate surface area is 198 Å². The van der Waals surface area contributed by atoms with Gasteiger partial charge in [0.15, 0.2) is 0 Å². The van der Waals surface area contributed by atoms with Crippen molar-refractivity contribution in [2.24, 2.45) is 7.05 Å². The average molecular weight is 463 g/mol. The summed E-state index contributed by atoms with van der Waals surface area (Å²) in [6.07, 6.45) is 9.69. The number of nitrogens with one attached hydrogen (secondary N) is 2. The Balaban J connectivity index is 0.00000228. The lowest BCUT2D eigenvalue weighted by Crippen LogP contribution is -2.25. The molecule has 1 saturated heterocycles. The number of nitrogens with zero attached hydrogens (tertiary/aromatic N) is 4. The standard InChI is InChI=1S/C25H26N6O.ClH/c1-15-9-27-24-20(15)8-17(10-28-24)16-6-18-13-31(25(32)19-11-29-30(2)12-19)14-22(18)21(7-16)23-4-3-5-26-23;/h6-12,23,26H,3-5,13-14H2,1-2H3,(H,27,28);1H. The summed E-state index contributed by atoms with van der Waals surface area (Å²) >= 11 is 0. The van der Waals surface area contributed by atoms with Crippen LogP contribution in [0.5, 0.6) is 0 Å². The van der Waals surface area contributed by atoms with Gasteiger partial charge in [0, 0.05) is 55.7 Å². The van der Waals surface area contributed by atoms with E-state index in [-0.39, 0.29) is 18.3 Å². The number of carbonyl (C=O) groups excluding carboxylic acids is 1. The van der Waals surface area contributed by atoms with E-state index in [2.05, 4.69) is 45.5 Å².